The molecule has 1 amide bonds. The Morgan fingerprint density at radius 2 is 2.21 bits per heavy atom. The highest BCUT2D eigenvalue weighted by Crippen LogP contribution is 2.28. The van der Waals surface area contributed by atoms with E-state index in [0.29, 0.717) is 30.0 Å². The summed E-state index contributed by atoms with van der Waals surface area (Å²) in [4.78, 5) is 16.5. The van der Waals surface area contributed by atoms with E-state index in [1.807, 2.05) is 12.3 Å². The van der Waals surface area contributed by atoms with E-state index in [-0.39, 0.29) is 10.8 Å². The van der Waals surface area contributed by atoms with Gasteiger partial charge in [0.05, 0.1) is 15.1 Å². The van der Waals surface area contributed by atoms with E-state index in [9.17, 15) is 13.2 Å². The van der Waals surface area contributed by atoms with Gasteiger partial charge in [-0.15, -0.1) is 0 Å². The molecule has 0 aliphatic rings. The third-order valence-corrected chi connectivity index (χ3v) is 5.43. The SMILES string of the molecule is CS(=O)(=O)c1ccc2nc(NC(=O)CCCn3cccn3)sc2c1. The van der Waals surface area contributed by atoms with E-state index >= 15 is 0 Å². The van der Waals surface area contributed by atoms with Crippen molar-refractivity contribution in [1.29, 1.82) is 0 Å². The lowest BCUT2D eigenvalue weighted by Gasteiger charge is -2.02. The number of nitrogens with zero attached hydrogens (tertiary/aromatic N) is 3. The summed E-state index contributed by atoms with van der Waals surface area (Å²) < 4.78 is 25.7. The Hall–Kier alpha value is -2.26. The normalized spacial score (nSPS) is 11.7. The minimum absolute atomic E-state index is 0.121. The Bertz CT molecular complexity index is 962. The molecule has 3 rings (SSSR count). The number of sulfone groups is 1. The van der Waals surface area contributed by atoms with Gasteiger partial charge in [0.1, 0.15) is 0 Å². The minimum atomic E-state index is -3.26. The molecule has 2 aromatic heterocycles. The number of carbonyl (C=O) groups excluding carboxylic acids is 1. The standard InChI is InChI=1S/C15H16N4O3S2/c1-24(21,22)11-5-6-12-13(10-11)23-15(17-12)18-14(20)4-2-8-19-9-3-7-16-19/h3,5-7,9-10H,2,4,8H2,1H3,(H,17,18,20). The maximum Gasteiger partial charge on any atom is 0.226 e. The van der Waals surface area contributed by atoms with Crippen LogP contribution in [0, 0.1) is 0 Å². The molecule has 0 atom stereocenters. The molecule has 1 aromatic carbocycles. The summed E-state index contributed by atoms with van der Waals surface area (Å²) in [6.45, 7) is 0.679. The average molecular weight is 364 g/mol. The van der Waals surface area contributed by atoms with Gasteiger partial charge in [0.25, 0.3) is 0 Å². The first-order valence-electron chi connectivity index (χ1n) is 7.30. The van der Waals surface area contributed by atoms with Crippen LogP contribution in [0.1, 0.15) is 12.8 Å². The van der Waals surface area contributed by atoms with Crippen LogP contribution in [-0.2, 0) is 21.2 Å². The molecule has 0 saturated carbocycles. The predicted molar refractivity (Wildman–Crippen MR) is 92.8 cm³/mol. The van der Waals surface area contributed by atoms with E-state index in [0.717, 1.165) is 11.0 Å². The minimum Gasteiger partial charge on any atom is -0.302 e. The van der Waals surface area contributed by atoms with Crippen LogP contribution in [0.3, 0.4) is 0 Å². The van der Waals surface area contributed by atoms with Crippen LogP contribution in [0.5, 0.6) is 0 Å². The number of carbonyl (C=O) groups is 1. The Morgan fingerprint density at radius 1 is 1.38 bits per heavy atom. The predicted octanol–water partition coefficient (Wildman–Crippen LogP) is 2.32. The molecule has 7 nitrogen and oxygen atoms in total. The Kier molecular flexibility index (Phi) is 4.63. The Balaban J connectivity index is 1.63. The number of aryl methyl sites for hydroxylation is 1. The van der Waals surface area contributed by atoms with Crippen molar-refractivity contribution in [3.8, 4) is 0 Å². The summed E-state index contributed by atoms with van der Waals surface area (Å²) in [6.07, 6.45) is 5.76. The van der Waals surface area contributed by atoms with Gasteiger partial charge in [-0.25, -0.2) is 13.4 Å². The fourth-order valence-electron chi connectivity index (χ4n) is 2.21. The van der Waals surface area contributed by atoms with Crippen molar-refractivity contribution >= 4 is 42.4 Å². The fraction of sp³-hybridized carbons (Fsp3) is 0.267. The summed E-state index contributed by atoms with van der Waals surface area (Å²) in [7, 11) is -3.26. The topological polar surface area (TPSA) is 94.0 Å². The summed E-state index contributed by atoms with van der Waals surface area (Å²) in [5.41, 5.74) is 0.666. The molecule has 0 fully saturated rings. The highest BCUT2D eigenvalue weighted by atomic mass is 32.2. The smallest absolute Gasteiger partial charge is 0.226 e. The monoisotopic (exact) mass is 364 g/mol. The number of hydrogen-bond donors (Lipinski definition) is 1. The molecule has 24 heavy (non-hydrogen) atoms. The molecule has 0 bridgehead atoms. The number of benzene rings is 1. The number of thiazole rings is 1. The number of hydrogen-bond acceptors (Lipinski definition) is 6. The number of anilines is 1. The lowest BCUT2D eigenvalue weighted by atomic mass is 10.3. The zero-order valence-corrected chi connectivity index (χ0v) is 14.6. The number of nitrogens with one attached hydrogen (secondary N) is 1. The van der Waals surface area contributed by atoms with E-state index in [1.54, 1.807) is 23.0 Å². The molecule has 126 valence electrons. The van der Waals surface area contributed by atoms with E-state index in [1.165, 1.54) is 17.4 Å². The van der Waals surface area contributed by atoms with Crippen LogP contribution < -0.4 is 5.32 Å². The van der Waals surface area contributed by atoms with Crippen molar-refractivity contribution in [3.05, 3.63) is 36.7 Å². The number of amides is 1. The van der Waals surface area contributed by atoms with Gasteiger partial charge >= 0.3 is 0 Å². The van der Waals surface area contributed by atoms with Gasteiger partial charge in [0.2, 0.25) is 5.91 Å². The fourth-order valence-corrected chi connectivity index (χ4v) is 3.85. The molecule has 9 heteroatoms. The highest BCUT2D eigenvalue weighted by Gasteiger charge is 2.12. The van der Waals surface area contributed by atoms with Gasteiger partial charge in [0, 0.05) is 31.6 Å². The van der Waals surface area contributed by atoms with Crippen molar-refractivity contribution in [1.82, 2.24) is 14.8 Å². The molecule has 2 heterocycles. The maximum absolute atomic E-state index is 12.0. The molecule has 0 aliphatic heterocycles. The van der Waals surface area contributed by atoms with Crippen LogP contribution in [0.15, 0.2) is 41.6 Å². The molecule has 1 N–H and O–H groups in total. The third-order valence-electron chi connectivity index (χ3n) is 3.38. The van der Waals surface area contributed by atoms with Crippen molar-refractivity contribution in [2.75, 3.05) is 11.6 Å². The molecule has 3 aromatic rings. The first-order valence-corrected chi connectivity index (χ1v) is 10.0. The number of fused-ring (bicyclic) bond motifs is 1. The molecular weight excluding hydrogens is 348 g/mol. The average Bonchev–Trinajstić information content (AvgIpc) is 3.14. The molecule has 0 spiro atoms. The highest BCUT2D eigenvalue weighted by molar-refractivity contribution is 7.90. The summed E-state index contributed by atoms with van der Waals surface area (Å²) in [5.74, 6) is -0.121. The van der Waals surface area contributed by atoms with Gasteiger partial charge in [-0.1, -0.05) is 11.3 Å². The van der Waals surface area contributed by atoms with Crippen LogP contribution in [0.4, 0.5) is 5.13 Å². The maximum atomic E-state index is 12.0. The molecule has 0 saturated heterocycles. The number of rotatable bonds is 6. The quantitative estimate of drug-likeness (QED) is 0.724. The second-order valence-corrected chi connectivity index (χ2v) is 8.39. The Labute approximate surface area is 143 Å². The first kappa shape index (κ1) is 16.6. The van der Waals surface area contributed by atoms with Crippen molar-refractivity contribution in [2.45, 2.75) is 24.3 Å². The van der Waals surface area contributed by atoms with Crippen LogP contribution in [0.2, 0.25) is 0 Å². The first-order chi connectivity index (χ1) is 11.4. The molecule has 0 aliphatic carbocycles. The molecule has 0 radical (unpaired) electrons. The molecular formula is C15H16N4O3S2. The van der Waals surface area contributed by atoms with Crippen molar-refractivity contribution < 1.29 is 13.2 Å². The number of aromatic nitrogens is 3. The lowest BCUT2D eigenvalue weighted by molar-refractivity contribution is -0.116. The zero-order valence-electron chi connectivity index (χ0n) is 13.0. The lowest BCUT2D eigenvalue weighted by Crippen LogP contribution is -2.12. The second kappa shape index (κ2) is 6.70. The van der Waals surface area contributed by atoms with Gasteiger partial charge in [0.15, 0.2) is 15.0 Å². The van der Waals surface area contributed by atoms with E-state index < -0.39 is 9.84 Å². The van der Waals surface area contributed by atoms with Gasteiger partial charge in [-0.2, -0.15) is 5.10 Å². The third kappa shape index (κ3) is 3.98. The van der Waals surface area contributed by atoms with E-state index in [4.69, 9.17) is 0 Å². The summed E-state index contributed by atoms with van der Waals surface area (Å²) in [5, 5.41) is 7.31. The summed E-state index contributed by atoms with van der Waals surface area (Å²) in [6, 6.07) is 6.59. The largest absolute Gasteiger partial charge is 0.302 e. The van der Waals surface area contributed by atoms with Gasteiger partial charge < -0.3 is 5.32 Å². The molecule has 0 unspecified atom stereocenters. The van der Waals surface area contributed by atoms with Crippen molar-refractivity contribution in [3.63, 3.8) is 0 Å². The van der Waals surface area contributed by atoms with Crippen LogP contribution >= 0.6 is 11.3 Å². The zero-order chi connectivity index (χ0) is 17.2. The van der Waals surface area contributed by atoms with Crippen LogP contribution in [0.25, 0.3) is 10.2 Å². The van der Waals surface area contributed by atoms with Gasteiger partial charge in [-0.3, -0.25) is 9.48 Å². The Morgan fingerprint density at radius 3 is 2.92 bits per heavy atom. The van der Waals surface area contributed by atoms with Crippen molar-refractivity contribution in [2.24, 2.45) is 0 Å². The van der Waals surface area contributed by atoms with Gasteiger partial charge in [-0.05, 0) is 30.7 Å². The van der Waals surface area contributed by atoms with Crippen LogP contribution in [-0.4, -0.2) is 35.3 Å². The second-order valence-electron chi connectivity index (χ2n) is 5.34. The summed E-state index contributed by atoms with van der Waals surface area (Å²) >= 11 is 1.26. The van der Waals surface area contributed by atoms with E-state index in [2.05, 4.69) is 15.4 Å².